The molecular weight excluding hydrogens is 586 g/mol. The Kier molecular flexibility index (Phi) is 7.79. The number of benzene rings is 3. The van der Waals surface area contributed by atoms with Gasteiger partial charge in [-0.3, -0.25) is 14.4 Å². The predicted molar refractivity (Wildman–Crippen MR) is 156 cm³/mol. The van der Waals surface area contributed by atoms with Crippen LogP contribution in [0.3, 0.4) is 0 Å². The van der Waals surface area contributed by atoms with Gasteiger partial charge in [-0.15, -0.1) is 11.3 Å². The number of hydrogen-bond donors (Lipinski definition) is 1. The molecule has 3 aromatic carbocycles. The van der Waals surface area contributed by atoms with Crippen LogP contribution in [-0.2, 0) is 14.3 Å². The number of ketones is 1. The molecule has 1 amide bonds. The van der Waals surface area contributed by atoms with Gasteiger partial charge in [0.05, 0.1) is 11.6 Å². The van der Waals surface area contributed by atoms with Crippen molar-refractivity contribution >= 4 is 77.9 Å². The lowest BCUT2D eigenvalue weighted by Crippen LogP contribution is -2.34. The van der Waals surface area contributed by atoms with Crippen molar-refractivity contribution in [2.24, 2.45) is 5.92 Å². The van der Waals surface area contributed by atoms with E-state index in [1.54, 1.807) is 25.1 Å². The Hall–Kier alpha value is -3.26. The van der Waals surface area contributed by atoms with E-state index in [-0.39, 0.29) is 24.2 Å². The Morgan fingerprint density at radius 2 is 1.84 bits per heavy atom. The molecule has 0 fully saturated rings. The van der Waals surface area contributed by atoms with Gasteiger partial charge in [-0.25, -0.2) is 0 Å². The second-order valence-electron chi connectivity index (χ2n) is 8.94. The van der Waals surface area contributed by atoms with Crippen LogP contribution in [0.1, 0.15) is 40.1 Å². The quantitative estimate of drug-likeness (QED) is 0.178. The highest BCUT2D eigenvalue weighted by atomic mass is 79.9. The van der Waals surface area contributed by atoms with Gasteiger partial charge in [0.2, 0.25) is 0 Å². The summed E-state index contributed by atoms with van der Waals surface area (Å²) in [7, 11) is 0. The molecule has 4 aromatic rings. The van der Waals surface area contributed by atoms with E-state index in [9.17, 15) is 14.4 Å². The monoisotopic (exact) mass is 607 g/mol. The Morgan fingerprint density at radius 3 is 2.55 bits per heavy atom. The first kappa shape index (κ1) is 26.4. The van der Waals surface area contributed by atoms with Crippen LogP contribution in [0, 0.1) is 5.92 Å². The summed E-state index contributed by atoms with van der Waals surface area (Å²) in [4.78, 5) is 39.3. The smallest absolute Gasteiger partial charge is 0.317 e. The van der Waals surface area contributed by atoms with Crippen LogP contribution < -0.4 is 5.32 Å². The van der Waals surface area contributed by atoms with Crippen molar-refractivity contribution in [3.63, 3.8) is 0 Å². The molecule has 38 heavy (non-hydrogen) atoms. The molecule has 0 saturated heterocycles. The number of hydrogen-bond acceptors (Lipinski definition) is 5. The fourth-order valence-electron chi connectivity index (χ4n) is 4.75. The van der Waals surface area contributed by atoms with Crippen molar-refractivity contribution < 1.29 is 19.1 Å². The van der Waals surface area contributed by atoms with E-state index >= 15 is 0 Å². The average molecular weight is 609 g/mol. The summed E-state index contributed by atoms with van der Waals surface area (Å²) in [6.45, 7) is 1.94. The maximum absolute atomic E-state index is 13.2. The Morgan fingerprint density at radius 1 is 1.08 bits per heavy atom. The van der Waals surface area contributed by atoms with Gasteiger partial charge in [-0.05, 0) is 66.5 Å². The van der Waals surface area contributed by atoms with Crippen LogP contribution in [-0.4, -0.2) is 24.3 Å². The Labute approximate surface area is 237 Å². The molecule has 5 nitrogen and oxygen atoms in total. The number of amides is 1. The van der Waals surface area contributed by atoms with Crippen molar-refractivity contribution in [2.45, 2.75) is 19.3 Å². The molecule has 2 atom stereocenters. The molecule has 0 bridgehead atoms. The zero-order chi connectivity index (χ0) is 26.8. The number of ether oxygens (including phenoxy) is 1. The zero-order valence-corrected chi connectivity index (χ0v) is 23.5. The second-order valence-corrected chi connectivity index (χ2v) is 11.3. The third-order valence-electron chi connectivity index (χ3n) is 6.54. The van der Waals surface area contributed by atoms with Crippen LogP contribution >= 0.6 is 38.9 Å². The number of carbonyl (C=O) groups excluding carboxylic acids is 3. The first-order valence-electron chi connectivity index (χ1n) is 12.1. The number of fused-ring (bicyclic) bond motifs is 1. The largest absolute Gasteiger partial charge is 0.465 e. The molecule has 1 aromatic heterocycles. The van der Waals surface area contributed by atoms with Gasteiger partial charge in [0.25, 0.3) is 5.91 Å². The van der Waals surface area contributed by atoms with Crippen LogP contribution in [0.2, 0.25) is 5.02 Å². The molecule has 0 aliphatic heterocycles. The number of thiophene rings is 1. The normalized spacial score (nSPS) is 17.2. The van der Waals surface area contributed by atoms with Gasteiger partial charge in [-0.2, -0.15) is 0 Å². The summed E-state index contributed by atoms with van der Waals surface area (Å²) < 4.78 is 7.07. The van der Waals surface area contributed by atoms with Crippen molar-refractivity contribution in [3.8, 4) is 0 Å². The van der Waals surface area contributed by atoms with Gasteiger partial charge in [-0.1, -0.05) is 70.0 Å². The first-order valence-corrected chi connectivity index (χ1v) is 14.1. The highest BCUT2D eigenvalue weighted by Crippen LogP contribution is 2.41. The maximum atomic E-state index is 13.2. The van der Waals surface area contributed by atoms with Gasteiger partial charge < -0.3 is 10.1 Å². The van der Waals surface area contributed by atoms with Crippen LogP contribution in [0.15, 0.2) is 83.3 Å². The summed E-state index contributed by atoms with van der Waals surface area (Å²) in [5.41, 5.74) is 3.17. The SMILES string of the molecule is CCOC(=O)C1C(=O)C=C(c2ccc(NC(=O)c3sc4ccccc4c3Cl)cc2)CC1c1cccc(Br)c1. The molecule has 0 saturated carbocycles. The maximum Gasteiger partial charge on any atom is 0.317 e. The number of halogens is 2. The molecule has 8 heteroatoms. The second kappa shape index (κ2) is 11.2. The molecule has 1 heterocycles. The van der Waals surface area contributed by atoms with Gasteiger partial charge in [0.1, 0.15) is 10.8 Å². The summed E-state index contributed by atoms with van der Waals surface area (Å²) in [5, 5.41) is 4.21. The lowest BCUT2D eigenvalue weighted by atomic mass is 9.73. The number of carbonyl (C=O) groups is 3. The van der Waals surface area contributed by atoms with Crippen LogP contribution in [0.25, 0.3) is 15.7 Å². The third-order valence-corrected chi connectivity index (χ3v) is 8.70. The van der Waals surface area contributed by atoms with Crippen molar-refractivity contribution in [1.29, 1.82) is 0 Å². The summed E-state index contributed by atoms with van der Waals surface area (Å²) in [5.74, 6) is -2.30. The van der Waals surface area contributed by atoms with E-state index in [4.69, 9.17) is 16.3 Å². The van der Waals surface area contributed by atoms with E-state index in [1.165, 1.54) is 11.3 Å². The topological polar surface area (TPSA) is 72.5 Å². The molecule has 192 valence electrons. The molecule has 2 unspecified atom stereocenters. The van der Waals surface area contributed by atoms with Gasteiger partial charge >= 0.3 is 5.97 Å². The minimum Gasteiger partial charge on any atom is -0.465 e. The lowest BCUT2D eigenvalue weighted by Gasteiger charge is -2.29. The highest BCUT2D eigenvalue weighted by Gasteiger charge is 2.39. The summed E-state index contributed by atoms with van der Waals surface area (Å²) in [6.07, 6.45) is 2.04. The minimum absolute atomic E-state index is 0.213. The van der Waals surface area contributed by atoms with Gasteiger partial charge in [0.15, 0.2) is 5.78 Å². The number of allylic oxidation sites excluding steroid dienone is 2. The van der Waals surface area contributed by atoms with Crippen LogP contribution in [0.4, 0.5) is 5.69 Å². The van der Waals surface area contributed by atoms with E-state index < -0.39 is 11.9 Å². The molecule has 0 radical (unpaired) electrons. The predicted octanol–water partition coefficient (Wildman–Crippen LogP) is 7.89. The van der Waals surface area contributed by atoms with E-state index in [0.717, 1.165) is 31.3 Å². The highest BCUT2D eigenvalue weighted by molar-refractivity contribution is 9.10. The molecular formula is C30H23BrClNO4S. The molecule has 0 spiro atoms. The van der Waals surface area contributed by atoms with E-state index in [1.807, 2.05) is 60.7 Å². The molecule has 1 aliphatic carbocycles. The van der Waals surface area contributed by atoms with Crippen LogP contribution in [0.5, 0.6) is 0 Å². The molecule has 5 rings (SSSR count). The zero-order valence-electron chi connectivity index (χ0n) is 20.4. The van der Waals surface area contributed by atoms with Gasteiger partial charge in [0, 0.05) is 26.2 Å². The lowest BCUT2D eigenvalue weighted by molar-refractivity contribution is -0.151. The van der Waals surface area contributed by atoms with E-state index in [0.29, 0.717) is 22.0 Å². The number of nitrogens with one attached hydrogen (secondary N) is 1. The van der Waals surface area contributed by atoms with Crippen molar-refractivity contribution in [2.75, 3.05) is 11.9 Å². The summed E-state index contributed by atoms with van der Waals surface area (Å²) >= 11 is 11.3. The number of anilines is 1. The van der Waals surface area contributed by atoms with E-state index in [2.05, 4.69) is 21.2 Å². The summed E-state index contributed by atoms with van der Waals surface area (Å²) in [6, 6.07) is 22.6. The number of rotatable bonds is 6. The molecule has 1 N–H and O–H groups in total. The first-order chi connectivity index (χ1) is 18.4. The Balaban J connectivity index is 1.38. The fourth-order valence-corrected chi connectivity index (χ4v) is 6.58. The Bertz CT molecular complexity index is 1580. The number of esters is 1. The standard InChI is InChI=1S/C30H23BrClNO4S/c1-2-37-30(36)26-23(18-6-5-7-20(31)14-18)15-19(16-24(26)34)17-10-12-21(13-11-17)33-29(35)28-27(32)22-8-3-4-9-25(22)38-28/h3-14,16,23,26H,2,15H2,1H3,(H,33,35). The van der Waals surface area contributed by atoms with Crippen molar-refractivity contribution in [3.05, 3.63) is 104 Å². The van der Waals surface area contributed by atoms with Crippen molar-refractivity contribution in [1.82, 2.24) is 0 Å². The average Bonchev–Trinajstić information content (AvgIpc) is 3.25. The fraction of sp³-hybridized carbons (Fsp3) is 0.167. The third kappa shape index (κ3) is 5.32. The molecule has 1 aliphatic rings. The minimum atomic E-state index is -0.891.